The van der Waals surface area contributed by atoms with E-state index in [-0.39, 0.29) is 62.0 Å². The number of hydrogen-bond acceptors (Lipinski definition) is 23. The number of piperidine rings is 1. The lowest BCUT2D eigenvalue weighted by atomic mass is 10.0. The van der Waals surface area contributed by atoms with Gasteiger partial charge >= 0.3 is 0 Å². The van der Waals surface area contributed by atoms with Crippen LogP contribution in [-0.4, -0.2) is 167 Å². The Balaban J connectivity index is -0.0000000276. The van der Waals surface area contributed by atoms with Crippen LogP contribution in [0.2, 0.25) is 0 Å². The van der Waals surface area contributed by atoms with Crippen molar-refractivity contribution in [3.05, 3.63) is 120 Å². The first-order valence-corrected chi connectivity index (χ1v) is 32.1. The molecule has 1 heterocycles. The Morgan fingerprint density at radius 3 is 0.806 bits per heavy atom. The van der Waals surface area contributed by atoms with Gasteiger partial charge < -0.3 is 122 Å². The van der Waals surface area contributed by atoms with Crippen molar-refractivity contribution in [2.24, 2.45) is 40.7 Å². The second-order valence-electron chi connectivity index (χ2n) is 17.8. The smallest absolute Gasteiger partial charge is 0.244 e. The molecule has 624 valence electrons. The summed E-state index contributed by atoms with van der Waals surface area (Å²) < 4.78 is 0. The zero-order valence-corrected chi connectivity index (χ0v) is 70.0. The summed E-state index contributed by atoms with van der Waals surface area (Å²) in [5.74, 6) is 2.11. The predicted molar refractivity (Wildman–Crippen MR) is 451 cm³/mol. The van der Waals surface area contributed by atoms with Gasteiger partial charge in [0.15, 0.2) is 0 Å². The Labute approximate surface area is 634 Å². The third-order valence-electron chi connectivity index (χ3n) is 10.2. The number of carbonyl (C=O) groups excluding carboxylic acids is 13. The quantitative estimate of drug-likeness (QED) is 0.0750. The Morgan fingerprint density at radius 2 is 0.650 bits per heavy atom. The third-order valence-corrected chi connectivity index (χ3v) is 10.2. The summed E-state index contributed by atoms with van der Waals surface area (Å²) in [5, 5.41) is 10.9. The van der Waals surface area contributed by atoms with Crippen molar-refractivity contribution in [3.63, 3.8) is 0 Å². The highest BCUT2D eigenvalue weighted by atomic mass is 16.3. The second kappa shape index (κ2) is 205. The van der Waals surface area contributed by atoms with Crippen molar-refractivity contribution in [2.45, 2.75) is 228 Å². The van der Waals surface area contributed by atoms with E-state index in [4.69, 9.17) is 53.1 Å². The number of amides is 3. The zero-order chi connectivity index (χ0) is 82.6. The average Bonchev–Trinajstić information content (AvgIpc) is 0.856. The normalized spacial score (nSPS) is 8.31. The fourth-order valence-corrected chi connectivity index (χ4v) is 4.65. The minimum absolute atomic E-state index is 0. The summed E-state index contributed by atoms with van der Waals surface area (Å²) in [6.45, 7) is 65.9. The number of hydrogen-bond donors (Lipinski definition) is 11. The van der Waals surface area contributed by atoms with E-state index in [1.54, 1.807) is 27.8 Å². The van der Waals surface area contributed by atoms with Crippen LogP contribution in [0.25, 0.3) is 0 Å². The number of aliphatic hydroxyl groups is 1. The van der Waals surface area contributed by atoms with Gasteiger partial charge in [0.25, 0.3) is 0 Å². The van der Waals surface area contributed by atoms with E-state index in [9.17, 15) is 14.4 Å². The maximum atomic E-state index is 12.8. The number of rotatable bonds is 12. The lowest BCUT2D eigenvalue weighted by Gasteiger charge is -2.31. The molecule has 0 unspecified atom stereocenters. The van der Waals surface area contributed by atoms with Gasteiger partial charge in [-0.15, -0.1) is 6.58 Å². The van der Waals surface area contributed by atoms with Gasteiger partial charge in [-0.1, -0.05) is 235 Å². The van der Waals surface area contributed by atoms with E-state index < -0.39 is 12.1 Å². The monoisotopic (exact) mass is 1490 g/mol. The first-order chi connectivity index (χ1) is 46.7. The second-order valence-corrected chi connectivity index (χ2v) is 17.8. The number of benzene rings is 3. The molecule has 1 fully saturated rings. The molecule has 26 heteroatoms. The molecule has 0 aromatic heterocycles. The lowest BCUT2D eigenvalue weighted by Crippen LogP contribution is -2.54. The summed E-state index contributed by atoms with van der Waals surface area (Å²) >= 11 is 0. The van der Waals surface area contributed by atoms with E-state index in [2.05, 4.69) is 166 Å². The molecule has 1 aliphatic heterocycles. The first kappa shape index (κ1) is 176. The molecular weight excluding hydrogens is 1320 g/mol. The zero-order valence-electron chi connectivity index (χ0n) is 70.0. The van der Waals surface area contributed by atoms with E-state index in [1.165, 1.54) is 70.4 Å². The number of likely N-dealkylation sites (N-methyl/N-ethyl adjacent to an activating group) is 1. The Morgan fingerprint density at radius 1 is 0.456 bits per heavy atom. The number of aryl methyl sites for hydroxylation is 2. The van der Waals surface area contributed by atoms with Crippen LogP contribution in [0.1, 0.15) is 208 Å². The van der Waals surface area contributed by atoms with Crippen LogP contribution in [0, 0.1) is 17.8 Å². The molecule has 1 saturated heterocycles. The Hall–Kier alpha value is -7.89. The fraction of sp³-hybridized carbons (Fsp3) is 0.571. The van der Waals surface area contributed by atoms with Gasteiger partial charge in [0.05, 0.1) is 0 Å². The summed E-state index contributed by atoms with van der Waals surface area (Å²) in [4.78, 5) is 120. The number of carbonyl (C=O) groups is 13. The molecule has 2 atom stereocenters. The van der Waals surface area contributed by atoms with Gasteiger partial charge in [0, 0.05) is 39.6 Å². The Kier molecular flexibility index (Phi) is 351. The van der Waals surface area contributed by atoms with Crippen LogP contribution in [0.3, 0.4) is 0 Å². The number of nitrogens with zero attached hydrogens (tertiary/aromatic N) is 2. The molecular formula is C77H172N12O14. The highest BCUT2D eigenvalue weighted by molar-refractivity contribution is 5.91. The van der Waals surface area contributed by atoms with Crippen molar-refractivity contribution >= 4 is 85.6 Å². The molecule has 0 bridgehead atoms. The van der Waals surface area contributed by atoms with Crippen LogP contribution < -0.4 is 59.0 Å². The molecule has 3 amide bonds. The standard InChI is InChI=1S/C20H29N3O3.2C8H10.3C5H12.C4H8.C3H8O.2C2H6.4CH5N.10CH2O.CH4.5H3N/c1-15(20(26)23-12-8-5-9-13-23)21-19(25)18(22(3)16(2)24)14-17-10-6-4-7-11-17;2*1-2-8-6-4-3-5-7-8;3*1-4-5(2)3;1-3-4-2;1-3(2)4;16*1-2;;;;;;/h4,6-7,10-11,15,18H,5,8-9,12-14H2,1-3H3,(H,21,25);2*3-7H,2H2,1H3;3*5H,4H2,1-3H3;3H,1,4H2,2H3;3-4H,1-2H3;2*1-2H3;4*2H2,1H3;10*1H2;1H4;5*1H3/t15-,18-;;;;;;;;;;;;;;;;;;;;;;;;;;;;;/m0............................./s1. The van der Waals surface area contributed by atoms with Crippen LogP contribution in [0.15, 0.2) is 104 Å². The topological polar surface area (TPSA) is 540 Å². The number of nitrogens with one attached hydrogen (secondary N) is 1. The molecule has 0 aliphatic carbocycles. The number of aliphatic hydroxyl groups excluding tert-OH is 1. The van der Waals surface area contributed by atoms with Gasteiger partial charge in [-0.3, -0.25) is 14.4 Å². The number of likely N-dealkylation sites (tertiary alicyclic amines) is 1. The lowest BCUT2D eigenvalue weighted by molar-refractivity contribution is -0.140. The fourth-order valence-electron chi connectivity index (χ4n) is 4.65. The number of nitrogens with two attached hydrogens (primary N) is 4. The minimum atomic E-state index is -0.647. The van der Waals surface area contributed by atoms with Crippen LogP contribution in [0.4, 0.5) is 0 Å². The third kappa shape index (κ3) is 200. The molecule has 4 rings (SSSR count). The molecule has 26 nitrogen and oxygen atoms in total. The molecule has 3 aromatic carbocycles. The maximum absolute atomic E-state index is 12.8. The minimum Gasteiger partial charge on any atom is -0.394 e. The van der Waals surface area contributed by atoms with Crippen molar-refractivity contribution in [3.8, 4) is 0 Å². The molecule has 0 spiro atoms. The van der Waals surface area contributed by atoms with Gasteiger partial charge in [0.2, 0.25) is 17.7 Å². The SMILES string of the molecule is C.C=CCC.C=O.C=O.C=O.C=O.C=O.C=O.C=O.C=O.C=O.C=O.CC.CC.CC(=O)N(C)[C@@H](Cc1ccccc1)C(=O)N[C@@H](C)C(=O)N1CCCCC1.CC(C)O.CCC(C)C.CCC(C)C.CCC(C)C.CCc1ccccc1.CCc1ccccc1.CN.CN.CN.CN.N.N.N.N.N. The van der Waals surface area contributed by atoms with E-state index in [0.29, 0.717) is 6.42 Å². The van der Waals surface area contributed by atoms with Crippen molar-refractivity contribution in [2.75, 3.05) is 48.3 Å². The molecule has 103 heavy (non-hydrogen) atoms. The highest BCUT2D eigenvalue weighted by Crippen LogP contribution is 2.12. The summed E-state index contributed by atoms with van der Waals surface area (Å²) in [6, 6.07) is 29.2. The molecule has 0 radical (unpaired) electrons. The summed E-state index contributed by atoms with van der Waals surface area (Å²) in [5.41, 5.74) is 21.8. The van der Waals surface area contributed by atoms with Crippen LogP contribution in [-0.2, 0) is 81.6 Å². The predicted octanol–water partition coefficient (Wildman–Crippen LogP) is 14.2. The van der Waals surface area contributed by atoms with Crippen molar-refractivity contribution < 1.29 is 67.4 Å². The largest absolute Gasteiger partial charge is 0.394 e. The van der Waals surface area contributed by atoms with Crippen LogP contribution in [0.5, 0.6) is 0 Å². The molecule has 25 N–H and O–H groups in total. The molecule has 3 aromatic rings. The molecule has 1 aliphatic rings. The number of allylic oxidation sites excluding steroid dienone is 1. The summed E-state index contributed by atoms with van der Waals surface area (Å²) in [7, 11) is 7.62. The highest BCUT2D eigenvalue weighted by Gasteiger charge is 2.29. The van der Waals surface area contributed by atoms with Gasteiger partial charge in [0.1, 0.15) is 80.0 Å². The van der Waals surface area contributed by atoms with Crippen molar-refractivity contribution in [1.82, 2.24) is 45.9 Å². The van der Waals surface area contributed by atoms with Crippen molar-refractivity contribution in [1.29, 1.82) is 0 Å². The first-order valence-electron chi connectivity index (χ1n) is 32.1. The Bertz CT molecular complexity index is 1630. The summed E-state index contributed by atoms with van der Waals surface area (Å²) in [6.07, 6.45) is 12.6. The van der Waals surface area contributed by atoms with Gasteiger partial charge in [-0.2, -0.15) is 0 Å². The average molecular weight is 1490 g/mol. The van der Waals surface area contributed by atoms with Crippen LogP contribution >= 0.6 is 0 Å². The van der Waals surface area contributed by atoms with Gasteiger partial charge in [-0.25, -0.2) is 0 Å². The van der Waals surface area contributed by atoms with E-state index >= 15 is 0 Å². The maximum Gasteiger partial charge on any atom is 0.244 e. The van der Waals surface area contributed by atoms with E-state index in [1.807, 2.05) is 149 Å². The molecule has 0 saturated carbocycles. The van der Waals surface area contributed by atoms with E-state index in [0.717, 1.165) is 74.9 Å². The van der Waals surface area contributed by atoms with Gasteiger partial charge in [-0.05, 0) is 122 Å².